The predicted octanol–water partition coefficient (Wildman–Crippen LogP) is 9.30. The van der Waals surface area contributed by atoms with Crippen LogP contribution in [0.25, 0.3) is 0 Å². The quantitative estimate of drug-likeness (QED) is 0.306. The molecule has 3 saturated carbocycles. The number of esters is 1. The summed E-state index contributed by atoms with van der Waals surface area (Å²) >= 11 is 0. The first kappa shape index (κ1) is 27.0. The third-order valence-corrected chi connectivity index (χ3v) is 11.0. The van der Waals surface area contributed by atoms with Gasteiger partial charge in [0.1, 0.15) is 6.10 Å². The number of allylic oxidation sites excluding steroid dienone is 3. The lowest BCUT2D eigenvalue weighted by Gasteiger charge is -2.55. The van der Waals surface area contributed by atoms with E-state index in [4.69, 9.17) is 4.74 Å². The van der Waals surface area contributed by atoms with E-state index >= 15 is 0 Å². The van der Waals surface area contributed by atoms with Crippen molar-refractivity contribution in [2.24, 2.45) is 46.3 Å². The minimum Gasteiger partial charge on any atom is -0.462 e. The Labute approximate surface area is 216 Å². The van der Waals surface area contributed by atoms with Gasteiger partial charge >= 0.3 is 5.97 Å². The number of fused-ring (bicyclic) bond motifs is 5. The number of hydrogen-bond donors (Lipinski definition) is 0. The molecule has 0 aromatic rings. The fourth-order valence-electron chi connectivity index (χ4n) is 8.75. The van der Waals surface area contributed by atoms with Crippen LogP contribution in [0.2, 0.25) is 0 Å². The molecule has 0 aromatic carbocycles. The van der Waals surface area contributed by atoms with E-state index in [1.165, 1.54) is 51.4 Å². The molecular weight excluding hydrogens is 428 g/mol. The van der Waals surface area contributed by atoms with Crippen LogP contribution in [0.3, 0.4) is 0 Å². The Hall–Kier alpha value is -1.05. The lowest BCUT2D eigenvalue weighted by Crippen LogP contribution is -2.46. The second-order valence-electron chi connectivity index (χ2n) is 14.2. The highest BCUT2D eigenvalue weighted by Gasteiger charge is 2.57. The summed E-state index contributed by atoms with van der Waals surface area (Å²) in [5.74, 6) is 4.61. The molecule has 3 fully saturated rings. The van der Waals surface area contributed by atoms with E-state index in [2.05, 4.69) is 60.6 Å². The molecule has 0 radical (unpaired) electrons. The van der Waals surface area contributed by atoms with Gasteiger partial charge in [-0.05, 0) is 91.3 Å². The minimum absolute atomic E-state index is 0.00730. The van der Waals surface area contributed by atoms with Gasteiger partial charge in [-0.1, -0.05) is 91.0 Å². The van der Waals surface area contributed by atoms with Crippen molar-refractivity contribution in [1.82, 2.24) is 0 Å². The molecule has 0 spiro atoms. The van der Waals surface area contributed by atoms with Crippen LogP contribution >= 0.6 is 0 Å². The maximum Gasteiger partial charge on any atom is 0.306 e. The van der Waals surface area contributed by atoms with E-state index in [1.807, 2.05) is 0 Å². The molecule has 7 atom stereocenters. The van der Waals surface area contributed by atoms with Crippen LogP contribution in [-0.2, 0) is 9.53 Å². The van der Waals surface area contributed by atoms with Crippen molar-refractivity contribution >= 4 is 5.97 Å². The van der Waals surface area contributed by atoms with Crippen molar-refractivity contribution in [1.29, 1.82) is 0 Å². The van der Waals surface area contributed by atoms with E-state index in [1.54, 1.807) is 11.1 Å². The molecule has 0 amide bonds. The van der Waals surface area contributed by atoms with Gasteiger partial charge in [0.2, 0.25) is 0 Å². The third-order valence-electron chi connectivity index (χ3n) is 11.0. The van der Waals surface area contributed by atoms with Gasteiger partial charge in [0.05, 0.1) is 0 Å². The number of carbonyl (C=O) groups excluding carboxylic acids is 1. The summed E-state index contributed by atoms with van der Waals surface area (Å²) in [6.07, 6.45) is 19.5. The Morgan fingerprint density at radius 3 is 2.37 bits per heavy atom. The molecule has 0 aliphatic heterocycles. The van der Waals surface area contributed by atoms with Gasteiger partial charge < -0.3 is 4.74 Å². The van der Waals surface area contributed by atoms with Crippen LogP contribution in [0.1, 0.15) is 126 Å². The molecule has 35 heavy (non-hydrogen) atoms. The van der Waals surface area contributed by atoms with Crippen molar-refractivity contribution in [3.63, 3.8) is 0 Å². The first-order valence-electron chi connectivity index (χ1n) is 15.1. The lowest BCUT2D eigenvalue weighted by atomic mass is 9.50. The third kappa shape index (κ3) is 5.47. The Bertz CT molecular complexity index is 819. The maximum absolute atomic E-state index is 12.4. The number of hydrogen-bond acceptors (Lipinski definition) is 2. The molecule has 2 heteroatoms. The lowest BCUT2D eigenvalue weighted by molar-refractivity contribution is -0.151. The van der Waals surface area contributed by atoms with E-state index in [-0.39, 0.29) is 17.5 Å². The summed E-state index contributed by atoms with van der Waals surface area (Å²) < 4.78 is 5.94. The minimum atomic E-state index is 0.00730. The first-order valence-corrected chi connectivity index (χ1v) is 15.1. The smallest absolute Gasteiger partial charge is 0.306 e. The molecule has 2 nitrogen and oxygen atoms in total. The summed E-state index contributed by atoms with van der Waals surface area (Å²) in [6.45, 7) is 16.8. The van der Waals surface area contributed by atoms with Gasteiger partial charge in [-0.25, -0.2) is 0 Å². The average Bonchev–Trinajstić information content (AvgIpc) is 3.15. The van der Waals surface area contributed by atoms with Crippen molar-refractivity contribution in [3.05, 3.63) is 23.3 Å². The van der Waals surface area contributed by atoms with Crippen molar-refractivity contribution in [2.45, 2.75) is 132 Å². The van der Waals surface area contributed by atoms with Crippen LogP contribution in [0.5, 0.6) is 0 Å². The van der Waals surface area contributed by atoms with Crippen LogP contribution < -0.4 is 0 Å². The molecule has 4 aliphatic rings. The zero-order valence-corrected chi connectivity index (χ0v) is 24.0. The van der Waals surface area contributed by atoms with Crippen LogP contribution in [0.4, 0.5) is 0 Å². The number of ether oxygens (including phenoxy) is 1. The van der Waals surface area contributed by atoms with Gasteiger partial charge in [0.15, 0.2) is 0 Å². The number of carbonyl (C=O) groups is 1. The molecule has 0 saturated heterocycles. The molecule has 0 heterocycles. The average molecular weight is 483 g/mol. The summed E-state index contributed by atoms with van der Waals surface area (Å²) in [5, 5.41) is 0. The summed E-state index contributed by atoms with van der Waals surface area (Å²) in [6, 6.07) is 0. The second-order valence-corrected chi connectivity index (χ2v) is 14.2. The first-order chi connectivity index (χ1) is 16.5. The highest BCUT2D eigenvalue weighted by molar-refractivity contribution is 5.69. The number of rotatable bonds is 9. The van der Waals surface area contributed by atoms with E-state index in [0.717, 1.165) is 42.9 Å². The summed E-state index contributed by atoms with van der Waals surface area (Å²) in [5.41, 5.74) is 4.10. The van der Waals surface area contributed by atoms with Crippen LogP contribution in [0.15, 0.2) is 23.3 Å². The fourth-order valence-corrected chi connectivity index (χ4v) is 8.75. The normalized spacial score (nSPS) is 37.3. The largest absolute Gasteiger partial charge is 0.462 e. The zero-order chi connectivity index (χ0) is 25.4. The van der Waals surface area contributed by atoms with Crippen molar-refractivity contribution in [2.75, 3.05) is 0 Å². The highest BCUT2D eigenvalue weighted by Crippen LogP contribution is 2.66. The molecule has 4 rings (SSSR count). The predicted molar refractivity (Wildman–Crippen MR) is 147 cm³/mol. The monoisotopic (exact) mass is 482 g/mol. The van der Waals surface area contributed by atoms with Gasteiger partial charge in [0.25, 0.3) is 0 Å². The van der Waals surface area contributed by atoms with Gasteiger partial charge in [-0.15, -0.1) is 0 Å². The molecule has 1 unspecified atom stereocenters. The molecule has 4 aliphatic carbocycles. The van der Waals surface area contributed by atoms with Crippen LogP contribution in [0, 0.1) is 46.3 Å². The standard InChI is InChI=1S/C33H54O2/c1-22(2)9-8-10-24(5)28-14-15-29-27-13-12-25-21-26(35-31(34)16-11-23(3)4)17-19-32(25,6)30(27)18-20-33(28,29)7/h12-13,22-24,26,28-30H,8-11,14-21H2,1-7H3/t24-,26?,28-,29+,30+,32+,33-/m1/s1. The molecule has 0 aromatic heterocycles. The molecule has 198 valence electrons. The Morgan fingerprint density at radius 1 is 0.914 bits per heavy atom. The van der Waals surface area contributed by atoms with Gasteiger partial charge in [0, 0.05) is 12.8 Å². The second kappa shape index (κ2) is 10.7. The van der Waals surface area contributed by atoms with E-state index in [9.17, 15) is 4.79 Å². The Kier molecular flexibility index (Phi) is 8.29. The zero-order valence-electron chi connectivity index (χ0n) is 24.0. The molecule has 0 N–H and O–H groups in total. The topological polar surface area (TPSA) is 26.3 Å². The Morgan fingerprint density at radius 2 is 1.66 bits per heavy atom. The van der Waals surface area contributed by atoms with Crippen molar-refractivity contribution < 1.29 is 9.53 Å². The van der Waals surface area contributed by atoms with Gasteiger partial charge in [-0.3, -0.25) is 4.79 Å². The highest BCUT2D eigenvalue weighted by atomic mass is 16.5. The SMILES string of the molecule is CC(C)CCC[C@@H](C)[C@H]1CC[C@H]2C3=CC=C4CC(OC(=O)CCC(C)C)CC[C@]4(C)[C@H]3CC[C@]12C. The molecule has 0 bridgehead atoms. The summed E-state index contributed by atoms with van der Waals surface area (Å²) in [7, 11) is 0. The summed E-state index contributed by atoms with van der Waals surface area (Å²) in [4.78, 5) is 12.4. The van der Waals surface area contributed by atoms with Crippen LogP contribution in [-0.4, -0.2) is 12.1 Å². The van der Waals surface area contributed by atoms with E-state index < -0.39 is 0 Å². The van der Waals surface area contributed by atoms with E-state index in [0.29, 0.717) is 23.7 Å². The Balaban J connectivity index is 1.44. The maximum atomic E-state index is 12.4. The fraction of sp³-hybridized carbons (Fsp3) is 0.848. The van der Waals surface area contributed by atoms with Crippen molar-refractivity contribution in [3.8, 4) is 0 Å². The van der Waals surface area contributed by atoms with Gasteiger partial charge in [-0.2, -0.15) is 0 Å². The molecular formula is C33H54O2.